The molecule has 0 aliphatic carbocycles. The molecule has 0 bridgehead atoms. The number of hydrogen-bond donors (Lipinski definition) is 1. The van der Waals surface area contributed by atoms with E-state index in [4.69, 9.17) is 11.6 Å². The van der Waals surface area contributed by atoms with Crippen molar-refractivity contribution in [1.29, 1.82) is 0 Å². The van der Waals surface area contributed by atoms with E-state index in [0.29, 0.717) is 0 Å². The second-order valence-corrected chi connectivity index (χ2v) is 13.2. The van der Waals surface area contributed by atoms with Crippen LogP contribution in [0.4, 0.5) is 0 Å². The van der Waals surface area contributed by atoms with Crippen LogP contribution in [0.25, 0.3) is 0 Å². The minimum Gasteiger partial charge on any atom is -0.337 e. The predicted molar refractivity (Wildman–Crippen MR) is 69.3 cm³/mol. The van der Waals surface area contributed by atoms with Crippen molar-refractivity contribution in [2.45, 2.75) is 44.7 Å². The summed E-state index contributed by atoms with van der Waals surface area (Å²) >= 11 is 5.64. The molecule has 0 atom stereocenters. The smallest absolute Gasteiger partial charge is 0.119 e. The molecule has 0 radical (unpaired) electrons. The Kier molecular flexibility index (Phi) is 7.41. The van der Waals surface area contributed by atoms with Gasteiger partial charge in [0, 0.05) is 14.7 Å². The first-order valence-corrected chi connectivity index (χ1v) is 12.2. The largest absolute Gasteiger partial charge is 0.337 e. The van der Waals surface area contributed by atoms with Crippen molar-refractivity contribution in [3.8, 4) is 0 Å². The summed E-state index contributed by atoms with van der Waals surface area (Å²) in [6.45, 7) is 10.8. The van der Waals surface area contributed by atoms with Crippen LogP contribution >= 0.6 is 11.6 Å². The first-order chi connectivity index (χ1) is 5.98. The van der Waals surface area contributed by atoms with Crippen molar-refractivity contribution in [3.05, 3.63) is 0 Å². The SMILES string of the molecule is C[SiH](C)CC[Si](C)(C)NCCCCl. The fourth-order valence-corrected chi connectivity index (χ4v) is 7.59. The normalized spacial score (nSPS) is 12.5. The van der Waals surface area contributed by atoms with Crippen LogP contribution in [0.5, 0.6) is 0 Å². The molecule has 0 amide bonds. The Labute approximate surface area is 91.0 Å². The van der Waals surface area contributed by atoms with E-state index in [1.165, 1.54) is 12.1 Å². The number of hydrogen-bond acceptors (Lipinski definition) is 1. The van der Waals surface area contributed by atoms with Gasteiger partial charge in [-0.3, -0.25) is 0 Å². The van der Waals surface area contributed by atoms with Crippen molar-refractivity contribution < 1.29 is 0 Å². The van der Waals surface area contributed by atoms with Gasteiger partial charge in [0.25, 0.3) is 0 Å². The summed E-state index contributed by atoms with van der Waals surface area (Å²) in [5, 5.41) is 0. The zero-order chi connectivity index (χ0) is 10.3. The first kappa shape index (κ1) is 13.7. The molecule has 0 spiro atoms. The van der Waals surface area contributed by atoms with Gasteiger partial charge in [-0.05, 0) is 19.0 Å². The zero-order valence-corrected chi connectivity index (χ0v) is 12.4. The number of alkyl halides is 1. The standard InChI is InChI=1S/C9H24ClNSi2/c1-12(2)8-9-13(3,4)11-7-5-6-10/h11-12H,5-9H2,1-4H3. The predicted octanol–water partition coefficient (Wildman–Crippen LogP) is 2.90. The van der Waals surface area contributed by atoms with E-state index in [-0.39, 0.29) is 8.80 Å². The molecule has 1 N–H and O–H groups in total. The maximum absolute atomic E-state index is 5.64. The molecular formula is C9H24ClNSi2. The molecule has 0 fully saturated rings. The Hall–Kier alpha value is 0.684. The van der Waals surface area contributed by atoms with Crippen LogP contribution in [0.15, 0.2) is 0 Å². The highest BCUT2D eigenvalue weighted by Crippen LogP contribution is 2.11. The Morgan fingerprint density at radius 3 is 2.38 bits per heavy atom. The molecule has 0 aromatic heterocycles. The summed E-state index contributed by atoms with van der Waals surface area (Å²) in [4.78, 5) is 3.69. The van der Waals surface area contributed by atoms with Crippen molar-refractivity contribution in [2.75, 3.05) is 12.4 Å². The molecule has 0 aliphatic rings. The molecule has 4 heteroatoms. The topological polar surface area (TPSA) is 12.0 Å². The Bertz CT molecular complexity index is 129. The molecule has 1 nitrogen and oxygen atoms in total. The molecule has 0 saturated carbocycles. The lowest BCUT2D eigenvalue weighted by Crippen LogP contribution is -2.45. The lowest BCUT2D eigenvalue weighted by molar-refractivity contribution is 0.837. The van der Waals surface area contributed by atoms with E-state index in [9.17, 15) is 0 Å². The zero-order valence-electron chi connectivity index (χ0n) is 9.49. The van der Waals surface area contributed by atoms with Crippen LogP contribution < -0.4 is 4.98 Å². The fourth-order valence-electron chi connectivity index (χ4n) is 1.23. The summed E-state index contributed by atoms with van der Waals surface area (Å²) in [6.07, 6.45) is 1.11. The van der Waals surface area contributed by atoms with Gasteiger partial charge >= 0.3 is 0 Å². The van der Waals surface area contributed by atoms with E-state index in [0.717, 1.165) is 18.8 Å². The van der Waals surface area contributed by atoms with Crippen LogP contribution in [0, 0.1) is 0 Å². The molecule has 0 aliphatic heterocycles. The lowest BCUT2D eigenvalue weighted by Gasteiger charge is -2.24. The molecule has 0 heterocycles. The third kappa shape index (κ3) is 9.00. The van der Waals surface area contributed by atoms with Gasteiger partial charge in [0.05, 0.1) is 0 Å². The molecule has 0 rings (SSSR count). The van der Waals surface area contributed by atoms with Gasteiger partial charge < -0.3 is 4.98 Å². The molecule has 0 aromatic rings. The average molecular weight is 238 g/mol. The van der Waals surface area contributed by atoms with Crippen LogP contribution in [0.2, 0.25) is 38.3 Å². The Balaban J connectivity index is 3.54. The van der Waals surface area contributed by atoms with Crippen molar-refractivity contribution in [2.24, 2.45) is 0 Å². The van der Waals surface area contributed by atoms with E-state index < -0.39 is 8.24 Å². The van der Waals surface area contributed by atoms with Gasteiger partial charge in [0.1, 0.15) is 8.24 Å². The molecule has 0 unspecified atom stereocenters. The van der Waals surface area contributed by atoms with Gasteiger partial charge in [-0.25, -0.2) is 0 Å². The lowest BCUT2D eigenvalue weighted by atomic mass is 10.5. The molecule has 0 saturated heterocycles. The third-order valence-electron chi connectivity index (χ3n) is 2.26. The second-order valence-electron chi connectivity index (χ2n) is 4.79. The summed E-state index contributed by atoms with van der Waals surface area (Å²) < 4.78 is 0. The minimum atomic E-state index is -1.08. The highest BCUT2D eigenvalue weighted by atomic mass is 35.5. The maximum Gasteiger partial charge on any atom is 0.119 e. The molecule has 0 aromatic carbocycles. The number of rotatable bonds is 7. The first-order valence-electron chi connectivity index (χ1n) is 5.29. The van der Waals surface area contributed by atoms with E-state index >= 15 is 0 Å². The summed E-state index contributed by atoms with van der Waals surface area (Å²) in [5.41, 5.74) is 0. The molecular weight excluding hydrogens is 214 g/mol. The monoisotopic (exact) mass is 237 g/mol. The van der Waals surface area contributed by atoms with Crippen LogP contribution in [0.3, 0.4) is 0 Å². The van der Waals surface area contributed by atoms with Crippen LogP contribution in [0.1, 0.15) is 6.42 Å². The summed E-state index contributed by atoms with van der Waals surface area (Å²) in [7, 11) is -1.42. The third-order valence-corrected chi connectivity index (χ3v) is 7.29. The Morgan fingerprint density at radius 1 is 1.31 bits per heavy atom. The summed E-state index contributed by atoms with van der Waals surface area (Å²) in [6, 6.07) is 2.94. The highest BCUT2D eigenvalue weighted by molar-refractivity contribution is 6.76. The van der Waals surface area contributed by atoms with Gasteiger partial charge in [-0.2, -0.15) is 0 Å². The molecule has 80 valence electrons. The van der Waals surface area contributed by atoms with Crippen LogP contribution in [-0.2, 0) is 0 Å². The van der Waals surface area contributed by atoms with Gasteiger partial charge in [-0.1, -0.05) is 32.2 Å². The van der Waals surface area contributed by atoms with Crippen molar-refractivity contribution >= 4 is 28.6 Å². The van der Waals surface area contributed by atoms with Gasteiger partial charge in [0.2, 0.25) is 0 Å². The molecule has 13 heavy (non-hydrogen) atoms. The van der Waals surface area contributed by atoms with Crippen LogP contribution in [-0.4, -0.2) is 29.5 Å². The minimum absolute atomic E-state index is 0.343. The quantitative estimate of drug-likeness (QED) is 0.408. The average Bonchev–Trinajstić information content (AvgIpc) is 2.02. The fraction of sp³-hybridized carbons (Fsp3) is 1.00. The summed E-state index contributed by atoms with van der Waals surface area (Å²) in [5.74, 6) is 0.788. The van der Waals surface area contributed by atoms with Gasteiger partial charge in [-0.15, -0.1) is 11.6 Å². The number of nitrogens with one attached hydrogen (secondary N) is 1. The number of halogens is 1. The van der Waals surface area contributed by atoms with Gasteiger partial charge in [0.15, 0.2) is 0 Å². The van der Waals surface area contributed by atoms with Crippen molar-refractivity contribution in [3.63, 3.8) is 0 Å². The maximum atomic E-state index is 5.64. The van der Waals surface area contributed by atoms with Crippen molar-refractivity contribution in [1.82, 2.24) is 4.98 Å². The highest BCUT2D eigenvalue weighted by Gasteiger charge is 2.19. The van der Waals surface area contributed by atoms with E-state index in [1.807, 2.05) is 0 Å². The van der Waals surface area contributed by atoms with E-state index in [2.05, 4.69) is 31.2 Å². The van der Waals surface area contributed by atoms with E-state index in [1.54, 1.807) is 0 Å². The second kappa shape index (κ2) is 7.04. The Morgan fingerprint density at radius 2 is 1.92 bits per heavy atom.